The molecule has 1 aromatic carbocycles. The van der Waals surface area contributed by atoms with Crippen LogP contribution in [-0.2, 0) is 6.54 Å². The van der Waals surface area contributed by atoms with Gasteiger partial charge in [0, 0.05) is 19.2 Å². The van der Waals surface area contributed by atoms with Crippen LogP contribution in [0, 0.1) is 0 Å². The van der Waals surface area contributed by atoms with E-state index in [0.29, 0.717) is 18.4 Å². The average molecular weight is 407 g/mol. The number of aromatic nitrogens is 4. The van der Waals surface area contributed by atoms with E-state index in [2.05, 4.69) is 45.1 Å². The van der Waals surface area contributed by atoms with E-state index < -0.39 is 0 Å². The van der Waals surface area contributed by atoms with Crippen LogP contribution >= 0.6 is 0 Å². The maximum absolute atomic E-state index is 6.09. The van der Waals surface area contributed by atoms with Crippen molar-refractivity contribution in [2.24, 2.45) is 0 Å². The molecule has 7 nitrogen and oxygen atoms in total. The molecule has 2 aromatic heterocycles. The molecule has 158 valence electrons. The van der Waals surface area contributed by atoms with Gasteiger partial charge in [-0.15, -0.1) is 5.10 Å². The third kappa shape index (κ3) is 5.16. The molecule has 1 aliphatic rings. The summed E-state index contributed by atoms with van der Waals surface area (Å²) >= 11 is 0. The lowest BCUT2D eigenvalue weighted by Gasteiger charge is -2.26. The number of hydrogen-bond donors (Lipinski definition) is 1. The normalized spacial score (nSPS) is 15.8. The van der Waals surface area contributed by atoms with E-state index in [4.69, 9.17) is 10.5 Å². The number of piperidine rings is 1. The summed E-state index contributed by atoms with van der Waals surface area (Å²) in [4.78, 5) is 11.2. The molecule has 3 aromatic rings. The van der Waals surface area contributed by atoms with Crippen LogP contribution in [0.15, 0.2) is 48.7 Å². The van der Waals surface area contributed by atoms with Crippen LogP contribution in [0.2, 0.25) is 0 Å². The van der Waals surface area contributed by atoms with Crippen molar-refractivity contribution in [1.29, 1.82) is 0 Å². The average Bonchev–Trinajstić information content (AvgIpc) is 3.17. The molecule has 1 unspecified atom stereocenters. The Bertz CT molecular complexity index is 936. The molecule has 0 amide bonds. The van der Waals surface area contributed by atoms with E-state index in [-0.39, 0.29) is 6.04 Å². The molecule has 2 N–H and O–H groups in total. The molecule has 7 heteroatoms. The van der Waals surface area contributed by atoms with Gasteiger partial charge >= 0.3 is 0 Å². The summed E-state index contributed by atoms with van der Waals surface area (Å²) in [7, 11) is 0. The Hall–Kier alpha value is -2.93. The van der Waals surface area contributed by atoms with Crippen molar-refractivity contribution in [2.45, 2.75) is 45.2 Å². The fourth-order valence-corrected chi connectivity index (χ4v) is 3.84. The minimum Gasteiger partial charge on any atom is -0.494 e. The Morgan fingerprint density at radius 3 is 2.77 bits per heavy atom. The van der Waals surface area contributed by atoms with Gasteiger partial charge in [0.1, 0.15) is 11.4 Å². The third-order valence-corrected chi connectivity index (χ3v) is 5.53. The van der Waals surface area contributed by atoms with Crippen molar-refractivity contribution < 1.29 is 4.74 Å². The lowest BCUT2D eigenvalue weighted by atomic mass is 10.1. The summed E-state index contributed by atoms with van der Waals surface area (Å²) < 4.78 is 7.78. The molecular formula is C23H30N6O. The topological polar surface area (TPSA) is 82.1 Å². The van der Waals surface area contributed by atoms with Gasteiger partial charge < -0.3 is 10.5 Å². The highest BCUT2D eigenvalue weighted by Gasteiger charge is 2.15. The summed E-state index contributed by atoms with van der Waals surface area (Å²) in [5.41, 5.74) is 8.12. The van der Waals surface area contributed by atoms with Crippen LogP contribution in [0.3, 0.4) is 0 Å². The zero-order valence-electron chi connectivity index (χ0n) is 17.6. The number of rotatable bonds is 8. The van der Waals surface area contributed by atoms with Crippen LogP contribution in [0.4, 0.5) is 5.95 Å². The predicted octanol–water partition coefficient (Wildman–Crippen LogP) is 3.94. The van der Waals surface area contributed by atoms with Gasteiger partial charge in [-0.25, -0.2) is 4.68 Å². The summed E-state index contributed by atoms with van der Waals surface area (Å²) in [6.07, 6.45) is 6.48. The van der Waals surface area contributed by atoms with E-state index >= 15 is 0 Å². The fraction of sp³-hybridized carbons (Fsp3) is 0.435. The number of nitrogens with two attached hydrogens (primary N) is 1. The molecule has 0 saturated carbocycles. The maximum atomic E-state index is 6.09. The molecule has 0 radical (unpaired) electrons. The quantitative estimate of drug-likeness (QED) is 0.610. The minimum atomic E-state index is 0.0755. The molecule has 0 bridgehead atoms. The molecule has 0 aliphatic carbocycles. The second kappa shape index (κ2) is 9.71. The number of anilines is 1. The number of ether oxygens (including phenoxy) is 1. The Morgan fingerprint density at radius 1 is 1.10 bits per heavy atom. The van der Waals surface area contributed by atoms with Crippen LogP contribution in [0.1, 0.15) is 44.2 Å². The van der Waals surface area contributed by atoms with Gasteiger partial charge in [0.2, 0.25) is 11.8 Å². The number of nitrogen functional groups attached to an aromatic ring is 1. The van der Waals surface area contributed by atoms with Gasteiger partial charge in [-0.2, -0.15) is 4.98 Å². The zero-order valence-corrected chi connectivity index (χ0v) is 17.6. The van der Waals surface area contributed by atoms with Crippen molar-refractivity contribution in [3.05, 3.63) is 54.2 Å². The van der Waals surface area contributed by atoms with Gasteiger partial charge in [0.15, 0.2) is 0 Å². The van der Waals surface area contributed by atoms with Crippen LogP contribution in [0.5, 0.6) is 5.75 Å². The van der Waals surface area contributed by atoms with E-state index in [1.54, 1.807) is 10.9 Å². The fourth-order valence-electron chi connectivity index (χ4n) is 3.84. The van der Waals surface area contributed by atoms with E-state index in [9.17, 15) is 0 Å². The largest absolute Gasteiger partial charge is 0.494 e. The molecule has 0 spiro atoms. The van der Waals surface area contributed by atoms with Crippen LogP contribution in [0.25, 0.3) is 11.5 Å². The van der Waals surface area contributed by atoms with Gasteiger partial charge in [-0.3, -0.25) is 9.88 Å². The van der Waals surface area contributed by atoms with E-state index in [0.717, 1.165) is 24.4 Å². The second-order valence-electron chi connectivity index (χ2n) is 7.92. The summed E-state index contributed by atoms with van der Waals surface area (Å²) in [5.74, 6) is 1.86. The Kier molecular flexibility index (Phi) is 6.59. The smallest absolute Gasteiger partial charge is 0.219 e. The van der Waals surface area contributed by atoms with Gasteiger partial charge in [-0.05, 0) is 62.7 Å². The first-order chi connectivity index (χ1) is 14.7. The Balaban J connectivity index is 1.31. The van der Waals surface area contributed by atoms with Crippen molar-refractivity contribution in [3.8, 4) is 17.3 Å². The van der Waals surface area contributed by atoms with E-state index in [1.807, 2.05) is 24.3 Å². The number of hydrogen-bond acceptors (Lipinski definition) is 6. The van der Waals surface area contributed by atoms with E-state index in [1.165, 1.54) is 37.9 Å². The molecule has 30 heavy (non-hydrogen) atoms. The minimum absolute atomic E-state index is 0.0755. The first kappa shape index (κ1) is 20.3. The summed E-state index contributed by atoms with van der Waals surface area (Å²) in [6, 6.07) is 14.2. The SMILES string of the molecule is CC(CCOc1cccc(CN2CCCCC2)c1)n1nc(-c2ccccn2)nc1N. The molecule has 1 fully saturated rings. The number of benzene rings is 1. The standard InChI is InChI=1S/C23H30N6O/c1-18(29-23(24)26-22(27-29)21-10-3-4-12-25-21)11-15-30-20-9-7-8-19(16-20)17-28-13-5-2-6-14-28/h3-4,7-10,12,16,18H,2,5-6,11,13-15,17H2,1H3,(H2,24,26,27). The lowest BCUT2D eigenvalue weighted by Crippen LogP contribution is -2.29. The van der Waals surface area contributed by atoms with Crippen LogP contribution in [-0.4, -0.2) is 44.3 Å². The third-order valence-electron chi connectivity index (χ3n) is 5.53. The highest BCUT2D eigenvalue weighted by Crippen LogP contribution is 2.21. The molecule has 3 heterocycles. The lowest BCUT2D eigenvalue weighted by molar-refractivity contribution is 0.220. The zero-order chi connectivity index (χ0) is 20.8. The molecule has 1 saturated heterocycles. The molecular weight excluding hydrogens is 376 g/mol. The maximum Gasteiger partial charge on any atom is 0.219 e. The Morgan fingerprint density at radius 2 is 1.97 bits per heavy atom. The molecule has 1 aliphatic heterocycles. The summed E-state index contributed by atoms with van der Waals surface area (Å²) in [5, 5.41) is 4.54. The van der Waals surface area contributed by atoms with Crippen molar-refractivity contribution in [1.82, 2.24) is 24.6 Å². The Labute approximate surface area is 177 Å². The second-order valence-corrected chi connectivity index (χ2v) is 7.92. The number of pyridine rings is 1. The van der Waals surface area contributed by atoms with Crippen LogP contribution < -0.4 is 10.5 Å². The van der Waals surface area contributed by atoms with Gasteiger partial charge in [0.25, 0.3) is 0 Å². The molecule has 1 atom stereocenters. The monoisotopic (exact) mass is 406 g/mol. The first-order valence-corrected chi connectivity index (χ1v) is 10.8. The van der Waals surface area contributed by atoms with Gasteiger partial charge in [0.05, 0.1) is 12.6 Å². The molecule has 4 rings (SSSR count). The number of likely N-dealkylation sites (tertiary alicyclic amines) is 1. The van der Waals surface area contributed by atoms with Crippen molar-refractivity contribution >= 4 is 5.95 Å². The highest BCUT2D eigenvalue weighted by molar-refractivity contribution is 5.49. The van der Waals surface area contributed by atoms with Gasteiger partial charge in [-0.1, -0.05) is 24.6 Å². The number of nitrogens with zero attached hydrogens (tertiary/aromatic N) is 5. The van der Waals surface area contributed by atoms with Crippen molar-refractivity contribution in [3.63, 3.8) is 0 Å². The summed E-state index contributed by atoms with van der Waals surface area (Å²) in [6.45, 7) is 6.06. The predicted molar refractivity (Wildman–Crippen MR) is 118 cm³/mol. The highest BCUT2D eigenvalue weighted by atomic mass is 16.5. The first-order valence-electron chi connectivity index (χ1n) is 10.8. The van der Waals surface area contributed by atoms with Crippen molar-refractivity contribution in [2.75, 3.05) is 25.4 Å².